The van der Waals surface area contributed by atoms with Gasteiger partial charge in [0.2, 0.25) is 5.91 Å². The lowest BCUT2D eigenvalue weighted by molar-refractivity contribution is -0.116. The van der Waals surface area contributed by atoms with E-state index in [0.717, 1.165) is 33.2 Å². The number of furan rings is 1. The molecule has 4 rings (SSSR count). The van der Waals surface area contributed by atoms with Gasteiger partial charge in [-0.25, -0.2) is 0 Å². The Kier molecular flexibility index (Phi) is 6.54. The van der Waals surface area contributed by atoms with Crippen molar-refractivity contribution in [3.05, 3.63) is 94.2 Å². The van der Waals surface area contributed by atoms with Gasteiger partial charge in [-0.15, -0.1) is 0 Å². The largest absolute Gasteiger partial charge is 0.496 e. The van der Waals surface area contributed by atoms with E-state index in [4.69, 9.17) is 32.4 Å². The number of halogens is 2. The second kappa shape index (κ2) is 9.51. The molecule has 162 valence electrons. The number of fused-ring (bicyclic) bond motifs is 1. The van der Waals surface area contributed by atoms with Crippen LogP contribution in [0.15, 0.2) is 77.4 Å². The van der Waals surface area contributed by atoms with Gasteiger partial charge in [0.1, 0.15) is 11.3 Å². The van der Waals surface area contributed by atoms with Gasteiger partial charge in [0.25, 0.3) is 0 Å². The van der Waals surface area contributed by atoms with E-state index in [1.165, 1.54) is 0 Å². The molecular weight excluding hydrogens is 445 g/mol. The van der Waals surface area contributed by atoms with Crippen LogP contribution in [0.3, 0.4) is 0 Å². The number of hydrogen-bond acceptors (Lipinski definition) is 3. The van der Waals surface area contributed by atoms with Crippen molar-refractivity contribution in [1.82, 2.24) is 5.32 Å². The van der Waals surface area contributed by atoms with E-state index in [0.29, 0.717) is 27.9 Å². The molecule has 0 atom stereocenters. The summed E-state index contributed by atoms with van der Waals surface area (Å²) >= 11 is 12.5. The molecule has 0 radical (unpaired) electrons. The molecule has 1 aromatic heterocycles. The molecule has 0 fully saturated rings. The third kappa shape index (κ3) is 4.67. The molecule has 0 saturated carbocycles. The number of ether oxygens (including phenoxy) is 1. The molecule has 1 N–H and O–H groups in total. The van der Waals surface area contributed by atoms with Crippen molar-refractivity contribution in [3.63, 3.8) is 0 Å². The molecule has 0 spiro atoms. The lowest BCUT2D eigenvalue weighted by Gasteiger charge is -2.11. The minimum Gasteiger partial charge on any atom is -0.496 e. The fourth-order valence-electron chi connectivity index (χ4n) is 3.56. The quantitative estimate of drug-likeness (QED) is 0.308. The highest BCUT2D eigenvalue weighted by atomic mass is 35.5. The Morgan fingerprint density at radius 3 is 2.56 bits per heavy atom. The van der Waals surface area contributed by atoms with Crippen LogP contribution < -0.4 is 10.1 Å². The summed E-state index contributed by atoms with van der Waals surface area (Å²) in [4.78, 5) is 12.5. The summed E-state index contributed by atoms with van der Waals surface area (Å²) in [7, 11) is 1.59. The van der Waals surface area contributed by atoms with E-state index in [2.05, 4.69) is 5.32 Å². The number of nitrogens with one attached hydrogen (secondary N) is 1. The van der Waals surface area contributed by atoms with Crippen molar-refractivity contribution < 1.29 is 13.9 Å². The van der Waals surface area contributed by atoms with E-state index in [9.17, 15) is 4.79 Å². The van der Waals surface area contributed by atoms with Gasteiger partial charge < -0.3 is 14.5 Å². The Hall–Kier alpha value is -3.21. The molecular formula is C26H21Cl2NO3. The maximum Gasteiger partial charge on any atom is 0.244 e. The summed E-state index contributed by atoms with van der Waals surface area (Å²) < 4.78 is 11.3. The minimum absolute atomic E-state index is 0.179. The smallest absolute Gasteiger partial charge is 0.244 e. The number of carbonyl (C=O) groups excluding carboxylic acids is 1. The van der Waals surface area contributed by atoms with Crippen LogP contribution in [-0.4, -0.2) is 13.0 Å². The summed E-state index contributed by atoms with van der Waals surface area (Å²) in [5.41, 5.74) is 4.91. The van der Waals surface area contributed by atoms with Gasteiger partial charge in [0.15, 0.2) is 0 Å². The Morgan fingerprint density at radius 1 is 1.06 bits per heavy atom. The zero-order valence-corrected chi connectivity index (χ0v) is 19.1. The Morgan fingerprint density at radius 2 is 1.84 bits per heavy atom. The van der Waals surface area contributed by atoms with Crippen LogP contribution in [0, 0.1) is 0 Å². The zero-order chi connectivity index (χ0) is 22.7. The van der Waals surface area contributed by atoms with Crippen LogP contribution in [-0.2, 0) is 11.3 Å². The Labute approximate surface area is 196 Å². The normalized spacial score (nSPS) is 11.6. The van der Waals surface area contributed by atoms with Gasteiger partial charge in [-0.2, -0.15) is 0 Å². The van der Waals surface area contributed by atoms with Crippen molar-refractivity contribution in [2.24, 2.45) is 0 Å². The summed E-state index contributed by atoms with van der Waals surface area (Å²) in [5, 5.41) is 4.87. The average Bonchev–Trinajstić information content (AvgIpc) is 3.20. The number of allylic oxidation sites excluding steroid dienone is 1. The monoisotopic (exact) mass is 465 g/mol. The van der Waals surface area contributed by atoms with Crippen LogP contribution in [0.25, 0.3) is 27.7 Å². The lowest BCUT2D eigenvalue weighted by Crippen LogP contribution is -2.20. The van der Waals surface area contributed by atoms with Crippen molar-refractivity contribution in [1.29, 1.82) is 0 Å². The number of rotatable bonds is 6. The van der Waals surface area contributed by atoms with Crippen LogP contribution in [0.2, 0.25) is 10.0 Å². The van der Waals surface area contributed by atoms with E-state index in [1.807, 2.05) is 55.5 Å². The minimum atomic E-state index is -0.179. The van der Waals surface area contributed by atoms with Gasteiger partial charge in [-0.05, 0) is 36.3 Å². The van der Waals surface area contributed by atoms with Crippen LogP contribution in [0.4, 0.5) is 0 Å². The summed E-state index contributed by atoms with van der Waals surface area (Å²) in [6.07, 6.45) is 3.23. The zero-order valence-electron chi connectivity index (χ0n) is 17.6. The third-order valence-corrected chi connectivity index (χ3v) is 5.75. The van der Waals surface area contributed by atoms with Crippen LogP contribution in [0.1, 0.15) is 18.1 Å². The first kappa shape index (κ1) is 22.0. The van der Waals surface area contributed by atoms with Crippen molar-refractivity contribution in [2.75, 3.05) is 7.11 Å². The van der Waals surface area contributed by atoms with E-state index >= 15 is 0 Å². The summed E-state index contributed by atoms with van der Waals surface area (Å²) in [6.45, 7) is 2.33. The second-order valence-electron chi connectivity index (χ2n) is 7.35. The van der Waals surface area contributed by atoms with E-state index < -0.39 is 0 Å². The number of hydrogen-bond donors (Lipinski definition) is 1. The maximum absolute atomic E-state index is 12.5. The molecule has 3 aromatic carbocycles. The van der Waals surface area contributed by atoms with Gasteiger partial charge in [0, 0.05) is 45.8 Å². The molecule has 32 heavy (non-hydrogen) atoms. The standard InChI is InChI=1S/C26H21Cl2NO3/c1-16(10-26(30)29-14-17-6-4-3-5-7-17)20-12-21-22(15-32-25(21)13-24(20)31-2)19-9-8-18(27)11-23(19)28/h3-13,15H,14H2,1-2H3,(H,29,30)/b16-10+. The number of carbonyl (C=O) groups is 1. The fraction of sp³-hybridized carbons (Fsp3) is 0.115. The van der Waals surface area contributed by atoms with Gasteiger partial charge in [-0.3, -0.25) is 4.79 Å². The first-order chi connectivity index (χ1) is 15.5. The van der Waals surface area contributed by atoms with Crippen molar-refractivity contribution >= 4 is 45.7 Å². The van der Waals surface area contributed by atoms with Crippen LogP contribution in [0.5, 0.6) is 5.75 Å². The van der Waals surface area contributed by atoms with Gasteiger partial charge in [-0.1, -0.05) is 59.6 Å². The molecule has 4 aromatic rings. The number of amides is 1. The first-order valence-corrected chi connectivity index (χ1v) is 10.8. The molecule has 0 aliphatic rings. The highest BCUT2D eigenvalue weighted by Crippen LogP contribution is 2.40. The molecule has 0 aliphatic heterocycles. The highest BCUT2D eigenvalue weighted by molar-refractivity contribution is 6.36. The first-order valence-electron chi connectivity index (χ1n) is 10.0. The topological polar surface area (TPSA) is 51.5 Å². The molecule has 0 bridgehead atoms. The second-order valence-corrected chi connectivity index (χ2v) is 8.20. The van der Waals surface area contributed by atoms with Crippen molar-refractivity contribution in [3.8, 4) is 16.9 Å². The van der Waals surface area contributed by atoms with E-state index in [-0.39, 0.29) is 5.91 Å². The van der Waals surface area contributed by atoms with Gasteiger partial charge >= 0.3 is 0 Å². The summed E-state index contributed by atoms with van der Waals surface area (Å²) in [6, 6.07) is 18.9. The SMILES string of the molecule is COc1cc2occ(-c3ccc(Cl)cc3Cl)c2cc1/C(C)=C/C(=O)NCc1ccccc1. The average molecular weight is 466 g/mol. The maximum atomic E-state index is 12.5. The number of methoxy groups -OCH3 is 1. The van der Waals surface area contributed by atoms with Crippen LogP contribution >= 0.6 is 23.2 Å². The fourth-order valence-corrected chi connectivity index (χ4v) is 4.07. The molecule has 6 heteroatoms. The molecule has 1 amide bonds. The molecule has 0 saturated heterocycles. The molecule has 0 aliphatic carbocycles. The lowest BCUT2D eigenvalue weighted by atomic mass is 9.99. The Bertz CT molecular complexity index is 1310. The predicted octanol–water partition coefficient (Wildman–Crippen LogP) is 7.13. The van der Waals surface area contributed by atoms with Crippen molar-refractivity contribution in [2.45, 2.75) is 13.5 Å². The predicted molar refractivity (Wildman–Crippen MR) is 130 cm³/mol. The van der Waals surface area contributed by atoms with E-state index in [1.54, 1.807) is 31.6 Å². The summed E-state index contributed by atoms with van der Waals surface area (Å²) in [5.74, 6) is 0.437. The Balaban J connectivity index is 1.67. The molecule has 4 nitrogen and oxygen atoms in total. The highest BCUT2D eigenvalue weighted by Gasteiger charge is 2.16. The molecule has 1 heterocycles. The third-order valence-electron chi connectivity index (χ3n) is 5.20. The molecule has 0 unspecified atom stereocenters. The number of benzene rings is 3. The van der Waals surface area contributed by atoms with Gasteiger partial charge in [0.05, 0.1) is 18.4 Å².